The Morgan fingerprint density at radius 1 is 1.08 bits per heavy atom. The van der Waals surface area contributed by atoms with Crippen molar-refractivity contribution in [3.05, 3.63) is 41.4 Å². The van der Waals surface area contributed by atoms with Crippen LogP contribution in [0, 0.1) is 0 Å². The lowest BCUT2D eigenvalue weighted by Crippen LogP contribution is -2.49. The highest BCUT2D eigenvalue weighted by molar-refractivity contribution is 7.89. The van der Waals surface area contributed by atoms with Crippen molar-refractivity contribution in [1.29, 1.82) is 0 Å². The number of hydrogen-bond acceptors (Lipinski definition) is 8. The van der Waals surface area contributed by atoms with Crippen LogP contribution in [-0.2, 0) is 14.8 Å². The lowest BCUT2D eigenvalue weighted by Gasteiger charge is -2.30. The minimum absolute atomic E-state index is 0.116. The van der Waals surface area contributed by atoms with E-state index < -0.39 is 16.1 Å². The van der Waals surface area contributed by atoms with E-state index in [0.29, 0.717) is 53.1 Å². The molecule has 0 bridgehead atoms. The summed E-state index contributed by atoms with van der Waals surface area (Å²) >= 11 is 7.31. The van der Waals surface area contributed by atoms with Crippen molar-refractivity contribution in [2.24, 2.45) is 0 Å². The molecule has 0 spiro atoms. The molecule has 1 atom stereocenters. The molecule has 1 fully saturated rings. The van der Waals surface area contributed by atoms with Gasteiger partial charge in [-0.1, -0.05) is 36.8 Å². The largest absolute Gasteiger partial charge is 0.495 e. The van der Waals surface area contributed by atoms with Crippen LogP contribution in [0.1, 0.15) is 26.7 Å². The molecule has 0 saturated carbocycles. The number of amides is 1. The number of ether oxygens (including phenoxy) is 2. The van der Waals surface area contributed by atoms with Crippen LogP contribution in [0.25, 0.3) is 10.2 Å². The van der Waals surface area contributed by atoms with Gasteiger partial charge in [0.2, 0.25) is 15.9 Å². The van der Waals surface area contributed by atoms with Gasteiger partial charge in [0, 0.05) is 24.7 Å². The summed E-state index contributed by atoms with van der Waals surface area (Å²) in [6.45, 7) is 7.07. The summed E-state index contributed by atoms with van der Waals surface area (Å²) in [5, 5.41) is 0.929. The monoisotopic (exact) mass is 580 g/mol. The van der Waals surface area contributed by atoms with Gasteiger partial charge in [-0.25, -0.2) is 13.4 Å². The second kappa shape index (κ2) is 12.2. The molecule has 2 heterocycles. The predicted molar refractivity (Wildman–Crippen MR) is 151 cm³/mol. The number of carbonyl (C=O) groups excluding carboxylic acids is 1. The number of thiazole rings is 1. The van der Waals surface area contributed by atoms with Crippen LogP contribution in [0.15, 0.2) is 41.3 Å². The van der Waals surface area contributed by atoms with Crippen molar-refractivity contribution in [1.82, 2.24) is 14.2 Å². The third-order valence-corrected chi connectivity index (χ3v) is 10.1. The molecule has 0 aliphatic carbocycles. The number of methoxy groups -OCH3 is 2. The molecule has 1 aromatic heterocycles. The highest BCUT2D eigenvalue weighted by atomic mass is 35.5. The van der Waals surface area contributed by atoms with E-state index in [0.717, 1.165) is 17.8 Å². The van der Waals surface area contributed by atoms with Gasteiger partial charge in [-0.2, -0.15) is 4.31 Å². The third-order valence-electron chi connectivity index (χ3n) is 6.84. The Hall–Kier alpha value is -2.44. The molecule has 1 unspecified atom stereocenters. The normalized spacial score (nSPS) is 16.3. The molecule has 38 heavy (non-hydrogen) atoms. The molecule has 4 rings (SSSR count). The fraction of sp³-hybridized carbons (Fsp3) is 0.462. The zero-order valence-corrected chi connectivity index (χ0v) is 24.4. The zero-order valence-electron chi connectivity index (χ0n) is 22.0. The van der Waals surface area contributed by atoms with E-state index in [9.17, 15) is 13.2 Å². The molecule has 1 amide bonds. The van der Waals surface area contributed by atoms with E-state index in [1.54, 1.807) is 37.3 Å². The van der Waals surface area contributed by atoms with Crippen LogP contribution in [-0.4, -0.2) is 81.5 Å². The van der Waals surface area contributed by atoms with Gasteiger partial charge in [0.1, 0.15) is 27.8 Å². The fourth-order valence-electron chi connectivity index (χ4n) is 4.67. The maximum Gasteiger partial charge on any atom is 0.247 e. The van der Waals surface area contributed by atoms with Crippen molar-refractivity contribution in [3.8, 4) is 11.5 Å². The Morgan fingerprint density at radius 2 is 1.74 bits per heavy atom. The molecule has 12 heteroatoms. The van der Waals surface area contributed by atoms with Gasteiger partial charge >= 0.3 is 0 Å². The summed E-state index contributed by atoms with van der Waals surface area (Å²) < 4.78 is 40.2. The maximum atomic E-state index is 14.1. The highest BCUT2D eigenvalue weighted by Crippen LogP contribution is 2.41. The first-order chi connectivity index (χ1) is 18.2. The second-order valence-corrected chi connectivity index (χ2v) is 12.2. The van der Waals surface area contributed by atoms with E-state index in [2.05, 4.69) is 18.7 Å². The van der Waals surface area contributed by atoms with Crippen molar-refractivity contribution >= 4 is 54.2 Å². The third kappa shape index (κ3) is 5.62. The number of rotatable bonds is 11. The molecular weight excluding hydrogens is 548 g/mol. The Morgan fingerprint density at radius 3 is 2.37 bits per heavy atom. The van der Waals surface area contributed by atoms with Gasteiger partial charge in [0.15, 0.2) is 5.13 Å². The van der Waals surface area contributed by atoms with Crippen molar-refractivity contribution < 1.29 is 22.7 Å². The molecule has 9 nitrogen and oxygen atoms in total. The van der Waals surface area contributed by atoms with E-state index >= 15 is 0 Å². The average Bonchev–Trinajstić information content (AvgIpc) is 3.59. The predicted octanol–water partition coefficient (Wildman–Crippen LogP) is 4.50. The SMILES string of the molecule is CCN(CC)CCN(C(=O)C1CCCN1S(=O)(=O)c1ccc(Cl)cc1)c1nc2c(OC)ccc(OC)c2s1. The molecule has 0 N–H and O–H groups in total. The van der Waals surface area contributed by atoms with Crippen LogP contribution < -0.4 is 14.4 Å². The minimum Gasteiger partial charge on any atom is -0.495 e. The minimum atomic E-state index is -3.89. The van der Waals surface area contributed by atoms with Gasteiger partial charge < -0.3 is 14.4 Å². The van der Waals surface area contributed by atoms with E-state index in [-0.39, 0.29) is 17.3 Å². The number of fused-ring (bicyclic) bond motifs is 1. The summed E-state index contributed by atoms with van der Waals surface area (Å²) in [6.07, 6.45) is 1.03. The molecule has 3 aromatic rings. The highest BCUT2D eigenvalue weighted by Gasteiger charge is 2.42. The first-order valence-electron chi connectivity index (χ1n) is 12.6. The molecule has 2 aromatic carbocycles. The zero-order chi connectivity index (χ0) is 27.4. The maximum absolute atomic E-state index is 14.1. The standard InChI is InChI=1S/C26H33ClN4O5S2/c1-5-29(6-2)16-17-30(26-28-23-21(35-3)13-14-22(36-4)24(23)37-26)25(32)20-8-7-15-31(20)38(33,34)19-11-9-18(27)10-12-19/h9-14,20H,5-8,15-17H2,1-4H3. The molecule has 206 valence electrons. The van der Waals surface area contributed by atoms with E-state index in [1.807, 2.05) is 6.07 Å². The van der Waals surface area contributed by atoms with Crippen LogP contribution >= 0.6 is 22.9 Å². The summed E-state index contributed by atoms with van der Waals surface area (Å²) in [6, 6.07) is 8.79. The van der Waals surface area contributed by atoms with Gasteiger partial charge in [0.25, 0.3) is 0 Å². The number of sulfonamides is 1. The second-order valence-electron chi connectivity index (χ2n) is 8.89. The number of halogens is 1. The number of benzene rings is 2. The topological polar surface area (TPSA) is 92.3 Å². The van der Waals surface area contributed by atoms with Crippen molar-refractivity contribution in [2.45, 2.75) is 37.6 Å². The Bertz CT molecular complexity index is 1340. The van der Waals surface area contributed by atoms with Gasteiger partial charge in [-0.15, -0.1) is 0 Å². The van der Waals surface area contributed by atoms with Gasteiger partial charge in [-0.05, 0) is 62.3 Å². The first-order valence-corrected chi connectivity index (χ1v) is 15.2. The fourth-order valence-corrected chi connectivity index (χ4v) is 7.55. The Kier molecular flexibility index (Phi) is 9.15. The quantitative estimate of drug-likeness (QED) is 0.330. The number of likely N-dealkylation sites (N-methyl/N-ethyl adjacent to an activating group) is 1. The summed E-state index contributed by atoms with van der Waals surface area (Å²) in [5.41, 5.74) is 0.601. The van der Waals surface area contributed by atoms with Crippen LogP contribution in [0.2, 0.25) is 5.02 Å². The Balaban J connectivity index is 1.73. The molecule has 0 radical (unpaired) electrons. The lowest BCUT2D eigenvalue weighted by molar-refractivity contribution is -0.121. The summed E-state index contributed by atoms with van der Waals surface area (Å²) in [7, 11) is -0.736. The van der Waals surface area contributed by atoms with Gasteiger partial charge in [-0.3, -0.25) is 9.69 Å². The number of hydrogen-bond donors (Lipinski definition) is 0. The van der Waals surface area contributed by atoms with E-state index in [4.69, 9.17) is 26.1 Å². The first kappa shape index (κ1) is 28.6. The number of aromatic nitrogens is 1. The van der Waals surface area contributed by atoms with Crippen LogP contribution in [0.4, 0.5) is 5.13 Å². The average molecular weight is 581 g/mol. The van der Waals surface area contributed by atoms with E-state index in [1.165, 1.54) is 27.8 Å². The molecule has 1 aliphatic rings. The van der Waals surface area contributed by atoms with Crippen LogP contribution in [0.3, 0.4) is 0 Å². The van der Waals surface area contributed by atoms with Crippen LogP contribution in [0.5, 0.6) is 11.5 Å². The lowest BCUT2D eigenvalue weighted by atomic mass is 10.2. The van der Waals surface area contributed by atoms with Crippen molar-refractivity contribution in [2.75, 3.05) is 51.8 Å². The number of anilines is 1. The molecular formula is C26H33ClN4O5S2. The van der Waals surface area contributed by atoms with Crippen molar-refractivity contribution in [3.63, 3.8) is 0 Å². The molecule has 1 aliphatic heterocycles. The smallest absolute Gasteiger partial charge is 0.247 e. The molecule has 1 saturated heterocycles. The summed E-state index contributed by atoms with van der Waals surface area (Å²) in [4.78, 5) is 22.9. The number of carbonyl (C=O) groups is 1. The van der Waals surface area contributed by atoms with Gasteiger partial charge in [0.05, 0.1) is 19.1 Å². The summed E-state index contributed by atoms with van der Waals surface area (Å²) in [5.74, 6) is 0.921. The Labute approximate surface area is 233 Å². The number of nitrogens with zero attached hydrogens (tertiary/aromatic N) is 4.